The van der Waals surface area contributed by atoms with E-state index in [2.05, 4.69) is 31.4 Å². The topological polar surface area (TPSA) is 41.1 Å². The maximum atomic E-state index is 12.1. The zero-order valence-corrected chi connectivity index (χ0v) is 14.2. The molecule has 2 fully saturated rings. The van der Waals surface area contributed by atoms with E-state index in [1.165, 1.54) is 38.5 Å². The molecule has 3 nitrogen and oxygen atoms in total. The summed E-state index contributed by atoms with van der Waals surface area (Å²) in [6.45, 7) is 10.1. The van der Waals surface area contributed by atoms with Gasteiger partial charge in [0.25, 0.3) is 0 Å². The molecule has 1 heterocycles. The Morgan fingerprint density at radius 3 is 2.62 bits per heavy atom. The lowest BCUT2D eigenvalue weighted by Crippen LogP contribution is -2.37. The van der Waals surface area contributed by atoms with Crippen molar-refractivity contribution in [3.63, 3.8) is 0 Å². The van der Waals surface area contributed by atoms with E-state index in [1.807, 2.05) is 0 Å². The van der Waals surface area contributed by atoms with Crippen molar-refractivity contribution < 1.29 is 4.79 Å². The molecular formula is C18H34N2O. The third-order valence-corrected chi connectivity index (χ3v) is 5.69. The summed E-state index contributed by atoms with van der Waals surface area (Å²) in [5, 5.41) is 6.64. The summed E-state index contributed by atoms with van der Waals surface area (Å²) in [5.74, 6) is 2.15. The Balaban J connectivity index is 1.63. The van der Waals surface area contributed by atoms with Crippen molar-refractivity contribution in [1.29, 1.82) is 0 Å². The highest BCUT2D eigenvalue weighted by Gasteiger charge is 2.27. The van der Waals surface area contributed by atoms with Crippen molar-refractivity contribution in [3.05, 3.63) is 0 Å². The summed E-state index contributed by atoms with van der Waals surface area (Å²) in [6.07, 6.45) is 8.39. The molecule has 3 heteroatoms. The number of rotatable bonds is 5. The van der Waals surface area contributed by atoms with Crippen LogP contribution < -0.4 is 10.6 Å². The molecule has 1 saturated heterocycles. The summed E-state index contributed by atoms with van der Waals surface area (Å²) in [5.41, 5.74) is 0.517. The molecule has 2 rings (SSSR count). The van der Waals surface area contributed by atoms with Crippen LogP contribution in [-0.4, -0.2) is 25.5 Å². The number of amides is 1. The first-order valence-electron chi connectivity index (χ1n) is 8.94. The molecule has 0 bridgehead atoms. The van der Waals surface area contributed by atoms with E-state index in [1.54, 1.807) is 0 Å². The van der Waals surface area contributed by atoms with Gasteiger partial charge >= 0.3 is 0 Å². The number of hydrogen-bond acceptors (Lipinski definition) is 2. The van der Waals surface area contributed by atoms with Gasteiger partial charge in [0.2, 0.25) is 5.91 Å². The Hall–Kier alpha value is -0.570. The average Bonchev–Trinajstić information content (AvgIpc) is 2.47. The van der Waals surface area contributed by atoms with Crippen LogP contribution in [0.5, 0.6) is 0 Å². The van der Waals surface area contributed by atoms with E-state index in [-0.39, 0.29) is 5.91 Å². The maximum Gasteiger partial charge on any atom is 0.220 e. The van der Waals surface area contributed by atoms with Gasteiger partial charge in [0.1, 0.15) is 0 Å². The van der Waals surface area contributed by atoms with Gasteiger partial charge in [-0.05, 0) is 74.8 Å². The monoisotopic (exact) mass is 294 g/mol. The molecule has 2 aliphatic rings. The van der Waals surface area contributed by atoms with Gasteiger partial charge in [-0.2, -0.15) is 0 Å². The minimum atomic E-state index is 0.262. The summed E-state index contributed by atoms with van der Waals surface area (Å²) in [4.78, 5) is 12.1. The van der Waals surface area contributed by atoms with Crippen LogP contribution in [0.1, 0.15) is 65.7 Å². The predicted molar refractivity (Wildman–Crippen MR) is 88.1 cm³/mol. The average molecular weight is 294 g/mol. The second-order valence-electron chi connectivity index (χ2n) is 8.20. The standard InChI is InChI=1S/C18H34N2O/c1-14(16-5-4-10-19-13-16)11-17(21)20-12-15-6-8-18(2,3)9-7-15/h14-16,19H,4-13H2,1-3H3,(H,20,21). The first-order chi connectivity index (χ1) is 9.96. The lowest BCUT2D eigenvalue weighted by Gasteiger charge is -2.34. The van der Waals surface area contributed by atoms with Gasteiger partial charge in [0.15, 0.2) is 0 Å². The first kappa shape index (κ1) is 16.8. The molecule has 122 valence electrons. The minimum Gasteiger partial charge on any atom is -0.356 e. The van der Waals surface area contributed by atoms with E-state index in [4.69, 9.17) is 0 Å². The molecule has 1 saturated carbocycles. The van der Waals surface area contributed by atoms with Crippen molar-refractivity contribution in [3.8, 4) is 0 Å². The molecule has 1 amide bonds. The molecular weight excluding hydrogens is 260 g/mol. The van der Waals surface area contributed by atoms with Crippen molar-refractivity contribution in [2.75, 3.05) is 19.6 Å². The van der Waals surface area contributed by atoms with Crippen LogP contribution >= 0.6 is 0 Å². The fourth-order valence-electron chi connectivity index (χ4n) is 3.82. The molecule has 0 aromatic heterocycles. The van der Waals surface area contributed by atoms with Crippen molar-refractivity contribution in [2.24, 2.45) is 23.2 Å². The first-order valence-corrected chi connectivity index (χ1v) is 8.94. The Bertz CT molecular complexity index is 324. The Morgan fingerprint density at radius 1 is 1.29 bits per heavy atom. The van der Waals surface area contributed by atoms with Gasteiger partial charge in [0, 0.05) is 13.0 Å². The van der Waals surface area contributed by atoms with Gasteiger partial charge < -0.3 is 10.6 Å². The van der Waals surface area contributed by atoms with E-state index in [0.29, 0.717) is 29.6 Å². The summed E-state index contributed by atoms with van der Waals surface area (Å²) < 4.78 is 0. The summed E-state index contributed by atoms with van der Waals surface area (Å²) in [6, 6.07) is 0. The predicted octanol–water partition coefficient (Wildman–Crippen LogP) is 3.34. The highest BCUT2D eigenvalue weighted by Crippen LogP contribution is 2.37. The van der Waals surface area contributed by atoms with Crippen LogP contribution in [0.3, 0.4) is 0 Å². The van der Waals surface area contributed by atoms with Crippen LogP contribution in [0.15, 0.2) is 0 Å². The largest absolute Gasteiger partial charge is 0.356 e. The summed E-state index contributed by atoms with van der Waals surface area (Å²) in [7, 11) is 0. The number of piperidine rings is 1. The molecule has 0 radical (unpaired) electrons. The molecule has 1 aliphatic heterocycles. The normalized spacial score (nSPS) is 28.0. The Morgan fingerprint density at radius 2 is 2.00 bits per heavy atom. The second kappa shape index (κ2) is 7.62. The fourth-order valence-corrected chi connectivity index (χ4v) is 3.82. The Labute approximate surface area is 130 Å². The van der Waals surface area contributed by atoms with Crippen LogP contribution in [0.25, 0.3) is 0 Å². The van der Waals surface area contributed by atoms with E-state index in [0.717, 1.165) is 19.6 Å². The van der Waals surface area contributed by atoms with Crippen LogP contribution in [0.2, 0.25) is 0 Å². The molecule has 0 spiro atoms. The van der Waals surface area contributed by atoms with Gasteiger partial charge in [-0.3, -0.25) is 4.79 Å². The van der Waals surface area contributed by atoms with Gasteiger partial charge in [-0.25, -0.2) is 0 Å². The Kier molecular flexibility index (Phi) is 6.09. The lowest BCUT2D eigenvalue weighted by molar-refractivity contribution is -0.122. The highest BCUT2D eigenvalue weighted by molar-refractivity contribution is 5.76. The molecule has 2 unspecified atom stereocenters. The smallest absolute Gasteiger partial charge is 0.220 e. The number of nitrogens with one attached hydrogen (secondary N) is 2. The number of carbonyl (C=O) groups is 1. The zero-order chi connectivity index (χ0) is 15.3. The van der Waals surface area contributed by atoms with E-state index in [9.17, 15) is 4.79 Å². The van der Waals surface area contributed by atoms with Gasteiger partial charge in [-0.15, -0.1) is 0 Å². The fraction of sp³-hybridized carbons (Fsp3) is 0.944. The quantitative estimate of drug-likeness (QED) is 0.816. The number of hydrogen-bond donors (Lipinski definition) is 2. The van der Waals surface area contributed by atoms with Crippen molar-refractivity contribution >= 4 is 5.91 Å². The van der Waals surface area contributed by atoms with Crippen LogP contribution in [0, 0.1) is 23.2 Å². The van der Waals surface area contributed by atoms with Crippen LogP contribution in [0.4, 0.5) is 0 Å². The van der Waals surface area contributed by atoms with Crippen molar-refractivity contribution in [2.45, 2.75) is 65.7 Å². The SMILES string of the molecule is CC(CC(=O)NCC1CCC(C)(C)CC1)C1CCCNC1. The molecule has 2 atom stereocenters. The van der Waals surface area contributed by atoms with Crippen molar-refractivity contribution in [1.82, 2.24) is 10.6 Å². The van der Waals surface area contributed by atoms with E-state index >= 15 is 0 Å². The van der Waals surface area contributed by atoms with E-state index < -0.39 is 0 Å². The second-order valence-corrected chi connectivity index (χ2v) is 8.20. The number of carbonyl (C=O) groups excluding carboxylic acids is 1. The molecule has 0 aromatic carbocycles. The minimum absolute atomic E-state index is 0.262. The van der Waals surface area contributed by atoms with Gasteiger partial charge in [-0.1, -0.05) is 20.8 Å². The summed E-state index contributed by atoms with van der Waals surface area (Å²) >= 11 is 0. The molecule has 0 aromatic rings. The highest BCUT2D eigenvalue weighted by atomic mass is 16.1. The maximum absolute atomic E-state index is 12.1. The molecule has 21 heavy (non-hydrogen) atoms. The third kappa shape index (κ3) is 5.61. The molecule has 2 N–H and O–H groups in total. The third-order valence-electron chi connectivity index (χ3n) is 5.69. The lowest BCUT2D eigenvalue weighted by atomic mass is 9.73. The van der Waals surface area contributed by atoms with Crippen LogP contribution in [-0.2, 0) is 4.79 Å². The van der Waals surface area contributed by atoms with Gasteiger partial charge in [0.05, 0.1) is 0 Å². The molecule has 1 aliphatic carbocycles. The zero-order valence-electron chi connectivity index (χ0n) is 14.2.